The van der Waals surface area contributed by atoms with Crippen LogP contribution < -0.4 is 9.47 Å². The molecule has 154 valence electrons. The number of methoxy groups -OCH3 is 1. The summed E-state index contributed by atoms with van der Waals surface area (Å²) in [7, 11) is 1.38. The van der Waals surface area contributed by atoms with Gasteiger partial charge in [-0.1, -0.05) is 6.07 Å². The summed E-state index contributed by atoms with van der Waals surface area (Å²) in [5.74, 6) is -1.04. The lowest BCUT2D eigenvalue weighted by molar-refractivity contribution is -0.231. The highest BCUT2D eigenvalue weighted by atomic mass is 16.6. The van der Waals surface area contributed by atoms with E-state index < -0.39 is 48.6 Å². The van der Waals surface area contributed by atoms with E-state index in [9.17, 15) is 35.1 Å². The smallest absolute Gasteiger partial charge is 0.331 e. The molecule has 6 atom stereocenters. The van der Waals surface area contributed by atoms with Gasteiger partial charge in [0.15, 0.2) is 17.6 Å². The molecule has 0 saturated heterocycles. The van der Waals surface area contributed by atoms with Crippen molar-refractivity contribution in [2.75, 3.05) is 7.11 Å². The van der Waals surface area contributed by atoms with E-state index in [2.05, 4.69) is 0 Å². The molecule has 1 aromatic carbocycles. The van der Waals surface area contributed by atoms with Crippen molar-refractivity contribution in [3.63, 3.8) is 0 Å². The number of hydrogen-bond acceptors (Lipinski definition) is 10. The molecule has 10 nitrogen and oxygen atoms in total. The lowest BCUT2D eigenvalue weighted by atomic mass is 9.85. The summed E-state index contributed by atoms with van der Waals surface area (Å²) in [5, 5.41) is 48.5. The van der Waals surface area contributed by atoms with E-state index in [1.54, 1.807) is 6.07 Å². The fourth-order valence-electron chi connectivity index (χ4n) is 2.70. The molecule has 0 spiro atoms. The molecule has 28 heavy (non-hydrogen) atoms. The van der Waals surface area contributed by atoms with E-state index >= 15 is 0 Å². The van der Waals surface area contributed by atoms with Crippen LogP contribution in [-0.2, 0) is 14.3 Å². The summed E-state index contributed by atoms with van der Waals surface area (Å²) in [5.41, 5.74) is 0.491. The van der Waals surface area contributed by atoms with Crippen molar-refractivity contribution < 1.29 is 49.3 Å². The standard InChI is InChI=1S/C18H22O10/c1-8(19)27-10-5-3-9(7-11(10)26-2)4-6-12(20)28-18-16(24)14(22)13(21)15(23)17(18)25/h3-7,13-18,21-25H,1-2H3/b6-4+/t13?,14-,15+,16-,17-,18?/m1/s1. The molecule has 0 heterocycles. The first-order valence-corrected chi connectivity index (χ1v) is 8.31. The molecule has 0 amide bonds. The van der Waals surface area contributed by atoms with Crippen molar-refractivity contribution in [3.8, 4) is 11.5 Å². The summed E-state index contributed by atoms with van der Waals surface area (Å²) in [4.78, 5) is 23.0. The molecule has 1 aliphatic rings. The number of esters is 2. The largest absolute Gasteiger partial charge is 0.493 e. The Morgan fingerprint density at radius 1 is 0.929 bits per heavy atom. The van der Waals surface area contributed by atoms with Crippen molar-refractivity contribution in [2.24, 2.45) is 0 Å². The minimum absolute atomic E-state index is 0.199. The molecule has 2 rings (SSSR count). The second-order valence-corrected chi connectivity index (χ2v) is 6.19. The lowest BCUT2D eigenvalue weighted by Gasteiger charge is -2.40. The lowest BCUT2D eigenvalue weighted by Crippen LogP contribution is -2.64. The zero-order chi connectivity index (χ0) is 21.0. The maximum Gasteiger partial charge on any atom is 0.331 e. The summed E-state index contributed by atoms with van der Waals surface area (Å²) in [6.45, 7) is 1.24. The molecule has 5 N–H and O–H groups in total. The van der Waals surface area contributed by atoms with Gasteiger partial charge >= 0.3 is 11.9 Å². The molecule has 0 aromatic heterocycles. The zero-order valence-corrected chi connectivity index (χ0v) is 15.1. The number of rotatable bonds is 5. The normalized spacial score (nSPS) is 30.1. The average Bonchev–Trinajstić information content (AvgIpc) is 2.67. The predicted octanol–water partition coefficient (Wildman–Crippen LogP) is -1.64. The number of benzene rings is 1. The van der Waals surface area contributed by atoms with Crippen molar-refractivity contribution in [2.45, 2.75) is 43.5 Å². The van der Waals surface area contributed by atoms with Gasteiger partial charge in [0.25, 0.3) is 0 Å². The molecule has 0 radical (unpaired) electrons. The Morgan fingerprint density at radius 3 is 2.04 bits per heavy atom. The van der Waals surface area contributed by atoms with Gasteiger partial charge in [-0.2, -0.15) is 0 Å². The number of hydrogen-bond donors (Lipinski definition) is 5. The molecular formula is C18H22O10. The van der Waals surface area contributed by atoms with E-state index in [-0.39, 0.29) is 11.5 Å². The Morgan fingerprint density at radius 2 is 1.50 bits per heavy atom. The van der Waals surface area contributed by atoms with Gasteiger partial charge < -0.3 is 39.7 Å². The van der Waals surface area contributed by atoms with Gasteiger partial charge in [-0.25, -0.2) is 4.79 Å². The van der Waals surface area contributed by atoms with Gasteiger partial charge in [0, 0.05) is 13.0 Å². The third-order valence-electron chi connectivity index (χ3n) is 4.18. The average molecular weight is 398 g/mol. The van der Waals surface area contributed by atoms with Crippen LogP contribution in [0.2, 0.25) is 0 Å². The summed E-state index contributed by atoms with van der Waals surface area (Å²) in [6.07, 6.45) is -8.24. The highest BCUT2D eigenvalue weighted by Crippen LogP contribution is 2.29. The Kier molecular flexibility index (Phi) is 7.11. The molecule has 1 aromatic rings. The van der Waals surface area contributed by atoms with Gasteiger partial charge in [0.1, 0.15) is 30.5 Å². The number of carbonyl (C=O) groups is 2. The Balaban J connectivity index is 2.08. The third kappa shape index (κ3) is 4.86. The fraction of sp³-hybridized carbons (Fsp3) is 0.444. The van der Waals surface area contributed by atoms with Crippen LogP contribution in [0, 0.1) is 0 Å². The van der Waals surface area contributed by atoms with E-state index in [0.717, 1.165) is 6.08 Å². The minimum Gasteiger partial charge on any atom is -0.493 e. The van der Waals surface area contributed by atoms with Gasteiger partial charge in [0.05, 0.1) is 7.11 Å². The maximum absolute atomic E-state index is 12.0. The van der Waals surface area contributed by atoms with E-state index in [0.29, 0.717) is 5.56 Å². The number of aliphatic hydroxyl groups excluding tert-OH is 5. The van der Waals surface area contributed by atoms with Crippen LogP contribution in [0.15, 0.2) is 24.3 Å². The third-order valence-corrected chi connectivity index (χ3v) is 4.18. The van der Waals surface area contributed by atoms with Crippen molar-refractivity contribution in [1.82, 2.24) is 0 Å². The molecular weight excluding hydrogens is 376 g/mol. The summed E-state index contributed by atoms with van der Waals surface area (Å²) in [6, 6.07) is 4.50. The van der Waals surface area contributed by atoms with Crippen LogP contribution in [0.25, 0.3) is 6.08 Å². The number of ether oxygens (including phenoxy) is 3. The first kappa shape index (κ1) is 21.8. The Hall–Kier alpha value is -2.50. The van der Waals surface area contributed by atoms with Crippen LogP contribution in [0.5, 0.6) is 11.5 Å². The quantitative estimate of drug-likeness (QED) is 0.221. The second kappa shape index (κ2) is 9.13. The van der Waals surface area contributed by atoms with Gasteiger partial charge in [-0.3, -0.25) is 4.79 Å². The molecule has 1 saturated carbocycles. The molecule has 1 aliphatic carbocycles. The Labute approximate surface area is 160 Å². The topological polar surface area (TPSA) is 163 Å². The van der Waals surface area contributed by atoms with Crippen LogP contribution >= 0.6 is 0 Å². The second-order valence-electron chi connectivity index (χ2n) is 6.19. The highest BCUT2D eigenvalue weighted by molar-refractivity contribution is 5.87. The molecule has 0 aliphatic heterocycles. The first-order chi connectivity index (χ1) is 13.1. The molecule has 0 bridgehead atoms. The van der Waals surface area contributed by atoms with Crippen LogP contribution in [0.4, 0.5) is 0 Å². The molecule has 1 fully saturated rings. The van der Waals surface area contributed by atoms with E-state index in [4.69, 9.17) is 14.2 Å². The van der Waals surface area contributed by atoms with E-state index in [1.165, 1.54) is 32.2 Å². The van der Waals surface area contributed by atoms with Crippen molar-refractivity contribution in [1.29, 1.82) is 0 Å². The minimum atomic E-state index is -1.79. The SMILES string of the molecule is COc1cc(/C=C/C(=O)OC2[C@H](O)[C@H](O)C(O)[C@H](O)[C@H]2O)ccc1OC(C)=O. The highest BCUT2D eigenvalue weighted by Gasteiger charge is 2.50. The number of aliphatic hydroxyl groups is 5. The van der Waals surface area contributed by atoms with Gasteiger partial charge in [-0.15, -0.1) is 0 Å². The van der Waals surface area contributed by atoms with Gasteiger partial charge in [-0.05, 0) is 23.8 Å². The van der Waals surface area contributed by atoms with Crippen LogP contribution in [0.1, 0.15) is 12.5 Å². The Bertz CT molecular complexity index is 730. The number of carbonyl (C=O) groups excluding carboxylic acids is 2. The van der Waals surface area contributed by atoms with Crippen molar-refractivity contribution in [3.05, 3.63) is 29.8 Å². The fourth-order valence-corrected chi connectivity index (χ4v) is 2.70. The monoisotopic (exact) mass is 398 g/mol. The van der Waals surface area contributed by atoms with Crippen molar-refractivity contribution >= 4 is 18.0 Å². The van der Waals surface area contributed by atoms with E-state index in [1.807, 2.05) is 0 Å². The first-order valence-electron chi connectivity index (χ1n) is 8.31. The summed E-state index contributed by atoms with van der Waals surface area (Å²) >= 11 is 0. The van der Waals surface area contributed by atoms with Gasteiger partial charge in [0.2, 0.25) is 0 Å². The zero-order valence-electron chi connectivity index (χ0n) is 15.1. The van der Waals surface area contributed by atoms with Crippen LogP contribution in [0.3, 0.4) is 0 Å². The predicted molar refractivity (Wildman–Crippen MR) is 93.3 cm³/mol. The maximum atomic E-state index is 12.0. The molecule has 2 unspecified atom stereocenters. The molecule has 10 heteroatoms. The summed E-state index contributed by atoms with van der Waals surface area (Å²) < 4.78 is 15.0. The van der Waals surface area contributed by atoms with Crippen LogP contribution in [-0.4, -0.2) is 81.2 Å².